The van der Waals surface area contributed by atoms with Gasteiger partial charge in [0.25, 0.3) is 0 Å². The van der Waals surface area contributed by atoms with Crippen molar-refractivity contribution in [3.05, 3.63) is 63.8 Å². The molecule has 13 heteroatoms. The lowest BCUT2D eigenvalue weighted by atomic mass is 10.2. The van der Waals surface area contributed by atoms with Crippen molar-refractivity contribution in [1.82, 2.24) is 19.9 Å². The van der Waals surface area contributed by atoms with Gasteiger partial charge in [0.2, 0.25) is 11.6 Å². The summed E-state index contributed by atoms with van der Waals surface area (Å²) in [5.41, 5.74) is -1.18. The third kappa shape index (κ3) is 4.23. The molecule has 3 aromatic rings. The summed E-state index contributed by atoms with van der Waals surface area (Å²) in [6.07, 6.45) is -0.100. The monoisotopic (exact) mass is 411 g/mol. The van der Waals surface area contributed by atoms with E-state index in [-0.39, 0.29) is 22.5 Å². The van der Waals surface area contributed by atoms with Crippen LogP contribution in [-0.4, -0.2) is 24.9 Å². The van der Waals surface area contributed by atoms with Gasteiger partial charge in [0.05, 0.1) is 27.4 Å². The van der Waals surface area contributed by atoms with E-state index in [0.29, 0.717) is 18.0 Å². The zero-order valence-electron chi connectivity index (χ0n) is 13.6. The lowest BCUT2D eigenvalue weighted by Gasteiger charge is -2.12. The summed E-state index contributed by atoms with van der Waals surface area (Å²) in [7, 11) is 0. The largest absolute Gasteiger partial charge is 0.417 e. The summed E-state index contributed by atoms with van der Waals surface area (Å²) in [6.45, 7) is 0. The zero-order chi connectivity index (χ0) is 20.3. The second-order valence-corrected chi connectivity index (χ2v) is 5.63. The average Bonchev–Trinajstić information content (AvgIpc) is 2.63. The standard InChI is InChI=1S/C15H9ClF3N7O2/c16-10-4-8(15(17,18)19)5-21-12(10)25-14-11(26(27)28)13(22-7-23-14)24-9-2-1-3-20-6-9/h1-7H,(H2,21,22,23,24,25). The summed E-state index contributed by atoms with van der Waals surface area (Å²) in [6, 6.07) is 3.87. The maximum absolute atomic E-state index is 12.7. The Morgan fingerprint density at radius 2 is 1.79 bits per heavy atom. The molecule has 28 heavy (non-hydrogen) atoms. The van der Waals surface area contributed by atoms with Crippen LogP contribution in [0, 0.1) is 10.1 Å². The third-order valence-corrected chi connectivity index (χ3v) is 3.62. The first-order chi connectivity index (χ1) is 13.3. The van der Waals surface area contributed by atoms with E-state index in [1.807, 2.05) is 0 Å². The third-order valence-electron chi connectivity index (χ3n) is 3.33. The van der Waals surface area contributed by atoms with Crippen LogP contribution in [0.1, 0.15) is 5.56 Å². The Morgan fingerprint density at radius 3 is 2.36 bits per heavy atom. The molecule has 0 aromatic carbocycles. The second kappa shape index (κ2) is 7.60. The minimum Gasteiger partial charge on any atom is -0.333 e. The molecule has 0 aliphatic heterocycles. The molecule has 0 fully saturated rings. The Balaban J connectivity index is 1.96. The van der Waals surface area contributed by atoms with Gasteiger partial charge in [0.1, 0.15) is 6.33 Å². The fraction of sp³-hybridized carbons (Fsp3) is 0.0667. The van der Waals surface area contributed by atoms with Gasteiger partial charge in [-0.3, -0.25) is 15.1 Å². The number of hydrogen-bond donors (Lipinski definition) is 2. The molecule has 0 radical (unpaired) electrons. The van der Waals surface area contributed by atoms with Gasteiger partial charge in [0, 0.05) is 12.4 Å². The maximum Gasteiger partial charge on any atom is 0.417 e. The lowest BCUT2D eigenvalue weighted by molar-refractivity contribution is -0.383. The fourth-order valence-electron chi connectivity index (χ4n) is 2.11. The molecule has 3 rings (SSSR count). The number of hydrogen-bond acceptors (Lipinski definition) is 8. The van der Waals surface area contributed by atoms with Gasteiger partial charge in [-0.15, -0.1) is 0 Å². The van der Waals surface area contributed by atoms with E-state index in [2.05, 4.69) is 30.6 Å². The van der Waals surface area contributed by atoms with Crippen LogP contribution in [0.3, 0.4) is 0 Å². The molecule has 9 nitrogen and oxygen atoms in total. The Bertz CT molecular complexity index is 1020. The Morgan fingerprint density at radius 1 is 1.07 bits per heavy atom. The van der Waals surface area contributed by atoms with E-state index in [9.17, 15) is 23.3 Å². The number of anilines is 4. The van der Waals surface area contributed by atoms with Crippen molar-refractivity contribution in [3.8, 4) is 0 Å². The van der Waals surface area contributed by atoms with E-state index >= 15 is 0 Å². The van der Waals surface area contributed by atoms with Gasteiger partial charge in [-0.1, -0.05) is 11.6 Å². The predicted octanol–water partition coefficient (Wildman–Crippen LogP) is 4.33. The first-order valence-electron chi connectivity index (χ1n) is 7.42. The van der Waals surface area contributed by atoms with E-state index in [4.69, 9.17) is 11.6 Å². The highest BCUT2D eigenvalue weighted by Gasteiger charge is 2.32. The smallest absolute Gasteiger partial charge is 0.333 e. The topological polar surface area (TPSA) is 119 Å². The number of nitrogens with one attached hydrogen (secondary N) is 2. The van der Waals surface area contributed by atoms with Gasteiger partial charge >= 0.3 is 11.9 Å². The Hall–Kier alpha value is -3.54. The minimum atomic E-state index is -4.63. The second-order valence-electron chi connectivity index (χ2n) is 5.22. The van der Waals surface area contributed by atoms with Gasteiger partial charge < -0.3 is 10.6 Å². The molecule has 0 amide bonds. The molecule has 0 unspecified atom stereocenters. The Labute approximate surface area is 159 Å². The summed E-state index contributed by atoms with van der Waals surface area (Å²) in [5.74, 6) is -0.692. The van der Waals surface area contributed by atoms with Gasteiger partial charge in [-0.2, -0.15) is 13.2 Å². The van der Waals surface area contributed by atoms with Crippen LogP contribution >= 0.6 is 11.6 Å². The van der Waals surface area contributed by atoms with Crippen molar-refractivity contribution in [2.24, 2.45) is 0 Å². The van der Waals surface area contributed by atoms with E-state index < -0.39 is 22.4 Å². The fourth-order valence-corrected chi connectivity index (χ4v) is 2.32. The summed E-state index contributed by atoms with van der Waals surface area (Å²) in [5, 5.41) is 16.3. The summed E-state index contributed by atoms with van der Waals surface area (Å²) >= 11 is 5.82. The van der Waals surface area contributed by atoms with Crippen LogP contribution in [0.5, 0.6) is 0 Å². The molecule has 0 spiro atoms. The molecule has 144 valence electrons. The van der Waals surface area contributed by atoms with Crippen molar-refractivity contribution in [1.29, 1.82) is 0 Å². The number of halogens is 4. The summed E-state index contributed by atoms with van der Waals surface area (Å²) < 4.78 is 38.1. The first kappa shape index (κ1) is 19.2. The number of pyridine rings is 2. The number of aromatic nitrogens is 4. The first-order valence-corrected chi connectivity index (χ1v) is 7.79. The highest BCUT2D eigenvalue weighted by molar-refractivity contribution is 6.33. The molecular formula is C15H9ClF3N7O2. The highest BCUT2D eigenvalue weighted by Crippen LogP contribution is 2.36. The quantitative estimate of drug-likeness (QED) is 0.470. The van der Waals surface area contributed by atoms with E-state index in [1.165, 1.54) is 12.4 Å². The minimum absolute atomic E-state index is 0.154. The number of alkyl halides is 3. The van der Waals surface area contributed by atoms with Gasteiger partial charge in [-0.05, 0) is 18.2 Å². The van der Waals surface area contributed by atoms with Crippen LogP contribution in [0.15, 0.2) is 43.1 Å². The molecule has 0 aliphatic rings. The number of nitro groups is 1. The molecule has 3 aromatic heterocycles. The van der Waals surface area contributed by atoms with Crippen LogP contribution in [0.4, 0.5) is 42.0 Å². The van der Waals surface area contributed by atoms with Crippen molar-refractivity contribution in [2.75, 3.05) is 10.6 Å². The highest BCUT2D eigenvalue weighted by atomic mass is 35.5. The van der Waals surface area contributed by atoms with Gasteiger partial charge in [0.15, 0.2) is 5.82 Å². The normalized spacial score (nSPS) is 11.1. The molecule has 0 saturated carbocycles. The number of rotatable bonds is 5. The van der Waals surface area contributed by atoms with Crippen LogP contribution in [-0.2, 0) is 6.18 Å². The maximum atomic E-state index is 12.7. The molecule has 2 N–H and O–H groups in total. The molecule has 3 heterocycles. The number of nitrogens with zero attached hydrogens (tertiary/aromatic N) is 5. The molecule has 0 aliphatic carbocycles. The summed E-state index contributed by atoms with van der Waals surface area (Å²) in [4.78, 5) is 25.8. The van der Waals surface area contributed by atoms with E-state index in [0.717, 1.165) is 6.33 Å². The van der Waals surface area contributed by atoms with Gasteiger partial charge in [-0.25, -0.2) is 15.0 Å². The average molecular weight is 412 g/mol. The molecule has 0 bridgehead atoms. The van der Waals surface area contributed by atoms with Crippen LogP contribution in [0.2, 0.25) is 5.02 Å². The zero-order valence-corrected chi connectivity index (χ0v) is 14.4. The Kier molecular flexibility index (Phi) is 5.22. The van der Waals surface area contributed by atoms with Crippen molar-refractivity contribution in [2.45, 2.75) is 6.18 Å². The van der Waals surface area contributed by atoms with Crippen molar-refractivity contribution >= 4 is 40.4 Å². The van der Waals surface area contributed by atoms with Crippen molar-refractivity contribution < 1.29 is 18.1 Å². The predicted molar refractivity (Wildman–Crippen MR) is 93.7 cm³/mol. The molecule has 0 saturated heterocycles. The van der Waals surface area contributed by atoms with Crippen LogP contribution < -0.4 is 10.6 Å². The SMILES string of the molecule is O=[N+]([O-])c1c(Nc2cccnc2)ncnc1Nc1ncc(C(F)(F)F)cc1Cl. The molecule has 0 atom stereocenters. The van der Waals surface area contributed by atoms with E-state index in [1.54, 1.807) is 12.1 Å². The lowest BCUT2D eigenvalue weighted by Crippen LogP contribution is -2.08. The molecular weight excluding hydrogens is 403 g/mol. The van der Waals surface area contributed by atoms with Crippen molar-refractivity contribution in [3.63, 3.8) is 0 Å². The van der Waals surface area contributed by atoms with Crippen LogP contribution in [0.25, 0.3) is 0 Å².